The van der Waals surface area contributed by atoms with Crippen LogP contribution in [0, 0.1) is 11.8 Å². The number of rotatable bonds is 3. The van der Waals surface area contributed by atoms with Crippen LogP contribution in [0.1, 0.15) is 17.0 Å². The van der Waals surface area contributed by atoms with Gasteiger partial charge in [-0.05, 0) is 29.8 Å². The highest BCUT2D eigenvalue weighted by Crippen LogP contribution is 2.21. The fourth-order valence-corrected chi connectivity index (χ4v) is 1.80. The van der Waals surface area contributed by atoms with E-state index >= 15 is 0 Å². The average molecular weight is 248 g/mol. The molecule has 0 saturated heterocycles. The molecule has 94 valence electrons. The highest BCUT2D eigenvalue weighted by atomic mass is 16.5. The van der Waals surface area contributed by atoms with Crippen molar-refractivity contribution < 1.29 is 4.74 Å². The van der Waals surface area contributed by atoms with E-state index < -0.39 is 0 Å². The first-order valence-electron chi connectivity index (χ1n) is 6.16. The third-order valence-electron chi connectivity index (χ3n) is 2.83. The maximum absolute atomic E-state index is 5.23. The molecule has 0 aliphatic carbocycles. The Bertz CT molecular complexity index is 602. The highest BCUT2D eigenvalue weighted by molar-refractivity contribution is 5.42. The van der Waals surface area contributed by atoms with Gasteiger partial charge in [0.1, 0.15) is 5.75 Å². The normalized spacial score (nSPS) is 11.0. The van der Waals surface area contributed by atoms with Crippen molar-refractivity contribution in [1.29, 1.82) is 0 Å². The summed E-state index contributed by atoms with van der Waals surface area (Å²) < 4.78 is 5.23. The molecule has 0 spiro atoms. The Morgan fingerprint density at radius 3 is 2.58 bits per heavy atom. The maximum Gasteiger partial charge on any atom is 0.119 e. The van der Waals surface area contributed by atoms with E-state index in [-0.39, 0.29) is 5.92 Å². The molecule has 2 rings (SSSR count). The van der Waals surface area contributed by atoms with E-state index in [0.717, 1.165) is 16.9 Å². The Labute approximate surface area is 114 Å². The monoisotopic (exact) mass is 248 g/mol. The zero-order chi connectivity index (χ0) is 13.5. The lowest BCUT2D eigenvalue weighted by Crippen LogP contribution is -1.92. The van der Waals surface area contributed by atoms with Crippen LogP contribution in [0.25, 0.3) is 0 Å². The fourth-order valence-electron chi connectivity index (χ4n) is 1.80. The van der Waals surface area contributed by atoms with Crippen molar-refractivity contribution in [3.63, 3.8) is 0 Å². The van der Waals surface area contributed by atoms with E-state index in [1.165, 1.54) is 0 Å². The Morgan fingerprint density at radius 2 is 1.89 bits per heavy atom. The maximum atomic E-state index is 5.23. The van der Waals surface area contributed by atoms with Crippen molar-refractivity contribution >= 4 is 0 Å². The lowest BCUT2D eigenvalue weighted by atomic mass is 9.99. The van der Waals surface area contributed by atoms with Gasteiger partial charge in [-0.1, -0.05) is 48.2 Å². The summed E-state index contributed by atoms with van der Waals surface area (Å²) in [5.41, 5.74) is 2.11. The molecule has 0 fully saturated rings. The van der Waals surface area contributed by atoms with Crippen LogP contribution in [0.5, 0.6) is 5.75 Å². The third-order valence-corrected chi connectivity index (χ3v) is 2.83. The Hall–Kier alpha value is -2.46. The molecule has 2 aromatic rings. The van der Waals surface area contributed by atoms with Crippen LogP contribution in [-0.4, -0.2) is 7.11 Å². The number of ether oxygens (including phenoxy) is 1. The van der Waals surface area contributed by atoms with Gasteiger partial charge in [0.2, 0.25) is 0 Å². The van der Waals surface area contributed by atoms with Crippen LogP contribution in [-0.2, 0) is 0 Å². The topological polar surface area (TPSA) is 9.23 Å². The number of hydrogen-bond acceptors (Lipinski definition) is 1. The van der Waals surface area contributed by atoms with Gasteiger partial charge in [-0.2, -0.15) is 0 Å². The SMILES string of the molecule is C=C[C@H](C#Cc1ccccc1)c1cccc(OC)c1. The second-order valence-electron chi connectivity index (χ2n) is 4.13. The molecular weight excluding hydrogens is 232 g/mol. The molecule has 19 heavy (non-hydrogen) atoms. The number of hydrogen-bond donors (Lipinski definition) is 0. The van der Waals surface area contributed by atoms with Crippen molar-refractivity contribution in [3.8, 4) is 17.6 Å². The average Bonchev–Trinajstić information content (AvgIpc) is 2.49. The molecule has 0 saturated carbocycles. The predicted molar refractivity (Wildman–Crippen MR) is 79.3 cm³/mol. The Morgan fingerprint density at radius 1 is 1.11 bits per heavy atom. The molecule has 0 heterocycles. The van der Waals surface area contributed by atoms with Gasteiger partial charge >= 0.3 is 0 Å². The molecule has 1 nitrogen and oxygen atoms in total. The van der Waals surface area contributed by atoms with E-state index in [1.54, 1.807) is 7.11 Å². The highest BCUT2D eigenvalue weighted by Gasteiger charge is 2.04. The van der Waals surface area contributed by atoms with Gasteiger partial charge in [0, 0.05) is 5.56 Å². The molecule has 2 aromatic carbocycles. The summed E-state index contributed by atoms with van der Waals surface area (Å²) in [4.78, 5) is 0. The van der Waals surface area contributed by atoms with Gasteiger partial charge in [-0.15, -0.1) is 6.58 Å². The van der Waals surface area contributed by atoms with E-state index in [2.05, 4.69) is 18.4 Å². The molecule has 0 unspecified atom stereocenters. The van der Waals surface area contributed by atoms with Crippen molar-refractivity contribution in [3.05, 3.63) is 78.4 Å². The summed E-state index contributed by atoms with van der Waals surface area (Å²) >= 11 is 0. The molecule has 0 aliphatic rings. The van der Waals surface area contributed by atoms with Gasteiger partial charge in [0.15, 0.2) is 0 Å². The standard InChI is InChI=1S/C18H16O/c1-3-16(13-12-15-8-5-4-6-9-15)17-10-7-11-18(14-17)19-2/h3-11,14,16H,1H2,2H3/t16-/m1/s1. The van der Waals surface area contributed by atoms with Gasteiger partial charge in [-0.25, -0.2) is 0 Å². The van der Waals surface area contributed by atoms with Crippen LogP contribution in [0.2, 0.25) is 0 Å². The largest absolute Gasteiger partial charge is 0.497 e. The molecule has 1 atom stereocenters. The zero-order valence-electron chi connectivity index (χ0n) is 11.0. The van der Waals surface area contributed by atoms with Crippen molar-refractivity contribution in [2.75, 3.05) is 7.11 Å². The Kier molecular flexibility index (Phi) is 4.42. The van der Waals surface area contributed by atoms with Crippen molar-refractivity contribution in [1.82, 2.24) is 0 Å². The number of methoxy groups -OCH3 is 1. The molecule has 0 aliphatic heterocycles. The van der Waals surface area contributed by atoms with E-state index in [0.29, 0.717) is 0 Å². The number of allylic oxidation sites excluding steroid dienone is 1. The van der Waals surface area contributed by atoms with Gasteiger partial charge < -0.3 is 4.74 Å². The van der Waals surface area contributed by atoms with Crippen LogP contribution >= 0.6 is 0 Å². The lowest BCUT2D eigenvalue weighted by molar-refractivity contribution is 0.414. The molecule has 0 aromatic heterocycles. The van der Waals surface area contributed by atoms with E-state index in [9.17, 15) is 0 Å². The first-order chi connectivity index (χ1) is 9.33. The predicted octanol–water partition coefficient (Wildman–Crippen LogP) is 4.02. The van der Waals surface area contributed by atoms with Gasteiger partial charge in [-0.3, -0.25) is 0 Å². The van der Waals surface area contributed by atoms with Crippen LogP contribution in [0.3, 0.4) is 0 Å². The summed E-state index contributed by atoms with van der Waals surface area (Å²) in [5, 5.41) is 0. The summed E-state index contributed by atoms with van der Waals surface area (Å²) in [5.74, 6) is 7.25. The molecular formula is C18H16O. The summed E-state index contributed by atoms with van der Waals surface area (Å²) in [6.07, 6.45) is 1.85. The quantitative estimate of drug-likeness (QED) is 0.589. The minimum Gasteiger partial charge on any atom is -0.497 e. The fraction of sp³-hybridized carbons (Fsp3) is 0.111. The van der Waals surface area contributed by atoms with Crippen LogP contribution in [0.15, 0.2) is 67.3 Å². The first kappa shape index (κ1) is 13.0. The second kappa shape index (κ2) is 6.47. The molecule has 0 N–H and O–H groups in total. The van der Waals surface area contributed by atoms with Crippen LogP contribution < -0.4 is 4.74 Å². The summed E-state index contributed by atoms with van der Waals surface area (Å²) in [6.45, 7) is 3.86. The minimum absolute atomic E-state index is 0.00954. The molecule has 0 radical (unpaired) electrons. The Balaban J connectivity index is 2.26. The lowest BCUT2D eigenvalue weighted by Gasteiger charge is -2.07. The van der Waals surface area contributed by atoms with Crippen molar-refractivity contribution in [2.45, 2.75) is 5.92 Å². The molecule has 0 amide bonds. The number of benzene rings is 2. The summed E-state index contributed by atoms with van der Waals surface area (Å²) in [6, 6.07) is 17.9. The minimum atomic E-state index is 0.00954. The first-order valence-corrected chi connectivity index (χ1v) is 6.16. The molecule has 0 bridgehead atoms. The van der Waals surface area contributed by atoms with Gasteiger partial charge in [0.05, 0.1) is 13.0 Å². The van der Waals surface area contributed by atoms with Crippen LogP contribution in [0.4, 0.5) is 0 Å². The second-order valence-corrected chi connectivity index (χ2v) is 4.13. The van der Waals surface area contributed by atoms with Crippen molar-refractivity contribution in [2.24, 2.45) is 0 Å². The third kappa shape index (κ3) is 3.50. The zero-order valence-corrected chi connectivity index (χ0v) is 11.0. The summed E-state index contributed by atoms with van der Waals surface area (Å²) in [7, 11) is 1.66. The van der Waals surface area contributed by atoms with E-state index in [4.69, 9.17) is 4.74 Å². The van der Waals surface area contributed by atoms with Gasteiger partial charge in [0.25, 0.3) is 0 Å². The van der Waals surface area contributed by atoms with E-state index in [1.807, 2.05) is 60.7 Å². The molecule has 1 heteroatoms. The smallest absolute Gasteiger partial charge is 0.119 e.